The molecule has 1 spiro atoms. The number of nitrogens with zero attached hydrogens (tertiary/aromatic N) is 3. The second-order valence-electron chi connectivity index (χ2n) is 8.26. The number of hydrogen-bond donors (Lipinski definition) is 0. The molecule has 3 nitrogen and oxygen atoms in total. The zero-order valence-corrected chi connectivity index (χ0v) is 13.3. The zero-order chi connectivity index (χ0) is 13.7. The summed E-state index contributed by atoms with van der Waals surface area (Å²) in [5.74, 6) is 0. The van der Waals surface area contributed by atoms with Gasteiger partial charge in [0, 0.05) is 44.2 Å². The maximum Gasteiger partial charge on any atom is 0.0212 e. The van der Waals surface area contributed by atoms with E-state index in [9.17, 15) is 0 Å². The van der Waals surface area contributed by atoms with Gasteiger partial charge in [0.05, 0.1) is 0 Å². The fourth-order valence-corrected chi connectivity index (χ4v) is 4.59. The van der Waals surface area contributed by atoms with Crippen LogP contribution in [-0.4, -0.2) is 73.6 Å². The highest BCUT2D eigenvalue weighted by molar-refractivity contribution is 5.05. The van der Waals surface area contributed by atoms with Gasteiger partial charge in [-0.1, -0.05) is 6.92 Å². The number of hydrogen-bond acceptors (Lipinski definition) is 3. The van der Waals surface area contributed by atoms with Crippen LogP contribution in [0.25, 0.3) is 0 Å². The van der Waals surface area contributed by atoms with Gasteiger partial charge in [0.25, 0.3) is 0 Å². The van der Waals surface area contributed by atoms with Crippen molar-refractivity contribution in [2.24, 2.45) is 10.8 Å². The minimum Gasteiger partial charge on any atom is -0.305 e. The Labute approximate surface area is 118 Å². The van der Waals surface area contributed by atoms with Crippen molar-refractivity contribution in [1.29, 1.82) is 0 Å². The van der Waals surface area contributed by atoms with E-state index in [2.05, 4.69) is 42.5 Å². The Hall–Kier alpha value is -0.120. The lowest BCUT2D eigenvalue weighted by molar-refractivity contribution is -0.119. The molecule has 3 saturated heterocycles. The van der Waals surface area contributed by atoms with E-state index in [1.54, 1.807) is 0 Å². The summed E-state index contributed by atoms with van der Waals surface area (Å²) in [6.45, 7) is 16.5. The highest BCUT2D eigenvalue weighted by Gasteiger charge is 2.51. The van der Waals surface area contributed by atoms with Crippen molar-refractivity contribution in [2.75, 3.05) is 52.9 Å². The van der Waals surface area contributed by atoms with E-state index in [0.717, 1.165) is 6.04 Å². The Morgan fingerprint density at radius 1 is 1.00 bits per heavy atom. The lowest BCUT2D eigenvalue weighted by atomic mass is 9.71. The second-order valence-corrected chi connectivity index (χ2v) is 8.26. The lowest BCUT2D eigenvalue weighted by Crippen LogP contribution is -2.72. The molecule has 110 valence electrons. The van der Waals surface area contributed by atoms with Gasteiger partial charge in [0.15, 0.2) is 0 Å². The predicted octanol–water partition coefficient (Wildman–Crippen LogP) is 1.74. The van der Waals surface area contributed by atoms with Crippen LogP contribution in [0.3, 0.4) is 0 Å². The molecule has 3 aliphatic heterocycles. The Bertz CT molecular complexity index is 317. The van der Waals surface area contributed by atoms with E-state index in [-0.39, 0.29) is 0 Å². The van der Waals surface area contributed by atoms with Crippen LogP contribution >= 0.6 is 0 Å². The third-order valence-corrected chi connectivity index (χ3v) is 5.67. The highest BCUT2D eigenvalue weighted by atomic mass is 15.3. The maximum atomic E-state index is 2.72. The molecule has 3 aliphatic rings. The van der Waals surface area contributed by atoms with Gasteiger partial charge >= 0.3 is 0 Å². The van der Waals surface area contributed by atoms with Gasteiger partial charge in [0.2, 0.25) is 0 Å². The maximum absolute atomic E-state index is 2.72. The quantitative estimate of drug-likeness (QED) is 0.770. The highest BCUT2D eigenvalue weighted by Crippen LogP contribution is 2.42. The zero-order valence-electron chi connectivity index (χ0n) is 13.3. The average Bonchev–Trinajstić information content (AvgIpc) is 2.24. The van der Waals surface area contributed by atoms with Crippen molar-refractivity contribution < 1.29 is 0 Å². The minimum absolute atomic E-state index is 0.572. The summed E-state index contributed by atoms with van der Waals surface area (Å²) < 4.78 is 0. The molecule has 3 heteroatoms. The summed E-state index contributed by atoms with van der Waals surface area (Å²) in [7, 11) is 2.25. The molecule has 3 rings (SSSR count). The van der Waals surface area contributed by atoms with Gasteiger partial charge in [-0.2, -0.15) is 0 Å². The first kappa shape index (κ1) is 13.8. The molecule has 0 aromatic carbocycles. The Kier molecular flexibility index (Phi) is 3.43. The molecule has 0 unspecified atom stereocenters. The minimum atomic E-state index is 0.572. The van der Waals surface area contributed by atoms with Gasteiger partial charge in [-0.05, 0) is 52.2 Å². The van der Waals surface area contributed by atoms with E-state index in [1.807, 2.05) is 0 Å². The molecule has 0 aliphatic carbocycles. The average molecular weight is 265 g/mol. The second kappa shape index (κ2) is 4.71. The van der Waals surface area contributed by atoms with Crippen LogP contribution in [0.2, 0.25) is 0 Å². The fourth-order valence-electron chi connectivity index (χ4n) is 4.59. The summed E-state index contributed by atoms with van der Waals surface area (Å²) in [5, 5.41) is 0. The van der Waals surface area contributed by atoms with Crippen LogP contribution in [0.4, 0.5) is 0 Å². The van der Waals surface area contributed by atoms with Crippen molar-refractivity contribution in [3.63, 3.8) is 0 Å². The molecule has 0 bridgehead atoms. The first-order valence-electron chi connectivity index (χ1n) is 8.05. The number of rotatable bonds is 3. The standard InChI is InChI=1S/C16H31N3/c1-14(2)19-7-5-15(3,6-8-19)9-18-12-16(13-18)10-17(4)11-16/h14H,5-13H2,1-4H3. The first-order chi connectivity index (χ1) is 8.90. The van der Waals surface area contributed by atoms with Crippen LogP contribution in [0.15, 0.2) is 0 Å². The van der Waals surface area contributed by atoms with Crippen LogP contribution in [0, 0.1) is 10.8 Å². The third kappa shape index (κ3) is 2.70. The van der Waals surface area contributed by atoms with E-state index >= 15 is 0 Å². The largest absolute Gasteiger partial charge is 0.305 e. The molecule has 0 aromatic heterocycles. The fraction of sp³-hybridized carbons (Fsp3) is 1.00. The van der Waals surface area contributed by atoms with Gasteiger partial charge in [0.1, 0.15) is 0 Å². The van der Waals surface area contributed by atoms with Gasteiger partial charge in [-0.15, -0.1) is 0 Å². The molecular weight excluding hydrogens is 234 g/mol. The van der Waals surface area contributed by atoms with Crippen LogP contribution in [0.5, 0.6) is 0 Å². The van der Waals surface area contributed by atoms with Gasteiger partial charge < -0.3 is 14.7 Å². The summed E-state index contributed by atoms with van der Waals surface area (Å²) in [4.78, 5) is 7.82. The number of piperidine rings is 1. The molecule has 0 atom stereocenters. The Morgan fingerprint density at radius 2 is 1.58 bits per heavy atom. The molecule has 3 heterocycles. The predicted molar refractivity (Wildman–Crippen MR) is 80.4 cm³/mol. The topological polar surface area (TPSA) is 9.72 Å². The molecule has 0 saturated carbocycles. The molecule has 0 amide bonds. The van der Waals surface area contributed by atoms with E-state index in [0.29, 0.717) is 10.8 Å². The summed E-state index contributed by atoms with van der Waals surface area (Å²) in [6.07, 6.45) is 2.77. The van der Waals surface area contributed by atoms with Crippen molar-refractivity contribution in [3.05, 3.63) is 0 Å². The van der Waals surface area contributed by atoms with Crippen molar-refractivity contribution in [2.45, 2.75) is 39.7 Å². The molecule has 0 N–H and O–H groups in total. The summed E-state index contributed by atoms with van der Waals surface area (Å²) in [6, 6.07) is 0.724. The Balaban J connectivity index is 1.44. The monoisotopic (exact) mass is 265 g/mol. The van der Waals surface area contributed by atoms with E-state index in [1.165, 1.54) is 58.7 Å². The van der Waals surface area contributed by atoms with Crippen LogP contribution in [0.1, 0.15) is 33.6 Å². The molecule has 19 heavy (non-hydrogen) atoms. The van der Waals surface area contributed by atoms with E-state index in [4.69, 9.17) is 0 Å². The van der Waals surface area contributed by atoms with Crippen LogP contribution < -0.4 is 0 Å². The normalized spacial score (nSPS) is 31.4. The van der Waals surface area contributed by atoms with Gasteiger partial charge in [-0.3, -0.25) is 0 Å². The smallest absolute Gasteiger partial charge is 0.0212 e. The molecule has 0 radical (unpaired) electrons. The van der Waals surface area contributed by atoms with Crippen molar-refractivity contribution in [1.82, 2.24) is 14.7 Å². The van der Waals surface area contributed by atoms with E-state index < -0.39 is 0 Å². The lowest BCUT2D eigenvalue weighted by Gasteiger charge is -2.61. The third-order valence-electron chi connectivity index (χ3n) is 5.67. The molecular formula is C16H31N3. The molecule has 0 aromatic rings. The van der Waals surface area contributed by atoms with Crippen LogP contribution in [-0.2, 0) is 0 Å². The summed E-state index contributed by atoms with van der Waals surface area (Å²) >= 11 is 0. The Morgan fingerprint density at radius 3 is 2.05 bits per heavy atom. The first-order valence-corrected chi connectivity index (χ1v) is 8.05. The summed E-state index contributed by atoms with van der Waals surface area (Å²) in [5.41, 5.74) is 1.27. The SMILES string of the molecule is CC(C)N1CCC(C)(CN2CC3(CN(C)C3)C2)CC1. The number of likely N-dealkylation sites (tertiary alicyclic amines) is 3. The molecule has 3 fully saturated rings. The van der Waals surface area contributed by atoms with Gasteiger partial charge in [-0.25, -0.2) is 0 Å². The van der Waals surface area contributed by atoms with Crippen molar-refractivity contribution in [3.8, 4) is 0 Å². The van der Waals surface area contributed by atoms with Crippen molar-refractivity contribution >= 4 is 0 Å².